The number of benzene rings is 2. The molecule has 2 aromatic carbocycles. The van der Waals surface area contributed by atoms with Gasteiger partial charge in [-0.15, -0.1) is 0 Å². The zero-order valence-corrected chi connectivity index (χ0v) is 18.1. The molecule has 0 radical (unpaired) electrons. The topological polar surface area (TPSA) is 69.7 Å². The highest BCUT2D eigenvalue weighted by Gasteiger charge is 2.36. The van der Waals surface area contributed by atoms with Gasteiger partial charge in [-0.3, -0.25) is 15.1 Å². The normalized spacial score (nSPS) is 17.1. The summed E-state index contributed by atoms with van der Waals surface area (Å²) in [6, 6.07) is 18.3. The maximum Gasteiger partial charge on any atom is 0.283 e. The molecule has 0 unspecified atom stereocenters. The number of furan rings is 1. The Balaban J connectivity index is 1.50. The fourth-order valence-corrected chi connectivity index (χ4v) is 4.59. The van der Waals surface area contributed by atoms with Crippen LogP contribution in [0.5, 0.6) is 0 Å². The number of aliphatic imine (C=N–C) groups is 1. The number of nitrogens with zero attached hydrogens (tertiary/aromatic N) is 2. The first kappa shape index (κ1) is 19.9. The predicted molar refractivity (Wildman–Crippen MR) is 126 cm³/mol. The van der Waals surface area contributed by atoms with E-state index in [1.165, 1.54) is 17.8 Å². The summed E-state index contributed by atoms with van der Waals surface area (Å²) in [6.45, 7) is 0. The lowest BCUT2D eigenvalue weighted by Crippen LogP contribution is -2.37. The Labute approximate surface area is 192 Å². The second-order valence-corrected chi connectivity index (χ2v) is 8.43. The minimum absolute atomic E-state index is 0.0499. The Morgan fingerprint density at radius 3 is 2.68 bits per heavy atom. The molecule has 8 heteroatoms. The van der Waals surface area contributed by atoms with E-state index in [0.717, 1.165) is 11.3 Å². The average molecular weight is 466 g/mol. The third kappa shape index (κ3) is 3.63. The number of nitrogens with one attached hydrogen (secondary N) is 1. The van der Waals surface area contributed by atoms with Crippen molar-refractivity contribution < 1.29 is 9.21 Å². The van der Waals surface area contributed by atoms with Gasteiger partial charge in [-0.2, -0.15) is 4.99 Å². The summed E-state index contributed by atoms with van der Waals surface area (Å²) >= 11 is 13.7. The highest BCUT2D eigenvalue weighted by Crippen LogP contribution is 2.38. The summed E-state index contributed by atoms with van der Waals surface area (Å²) in [5, 5.41) is 12.1. The lowest BCUT2D eigenvalue weighted by molar-refractivity contribution is -0.114. The van der Waals surface area contributed by atoms with Crippen LogP contribution in [0.15, 0.2) is 81.1 Å². The largest absolute Gasteiger partial charge is 0.457 e. The Morgan fingerprint density at radius 1 is 1.06 bits per heavy atom. The van der Waals surface area contributed by atoms with Gasteiger partial charge in [-0.25, -0.2) is 0 Å². The number of carbonyl (C=O) groups excluding carboxylic acids is 1. The highest BCUT2D eigenvalue weighted by molar-refractivity contribution is 8.17. The van der Waals surface area contributed by atoms with Gasteiger partial charge >= 0.3 is 0 Å². The standard InChI is InChI=1S/C23H13Cl2N3O2S/c24-14-6-8-18(25)16(10-14)20-9-7-15(30-20)11-17-21(26)28-19(13-4-2-1-3-5-13)12-31-23(28)27-22(17)29/h1-12,26H. The number of hydrogen-bond acceptors (Lipinski definition) is 4. The number of rotatable bonds is 3. The van der Waals surface area contributed by atoms with Gasteiger partial charge in [0.2, 0.25) is 0 Å². The Kier molecular flexibility index (Phi) is 5.06. The molecule has 152 valence electrons. The molecule has 5 rings (SSSR count). The van der Waals surface area contributed by atoms with Crippen LogP contribution >= 0.6 is 35.0 Å². The number of thioether (sulfide) groups is 1. The minimum Gasteiger partial charge on any atom is -0.457 e. The van der Waals surface area contributed by atoms with Crippen LogP contribution in [-0.4, -0.2) is 21.8 Å². The molecule has 1 aromatic heterocycles. The quantitative estimate of drug-likeness (QED) is 0.444. The van der Waals surface area contributed by atoms with E-state index in [-0.39, 0.29) is 11.4 Å². The number of amides is 1. The second kappa shape index (κ2) is 7.89. The van der Waals surface area contributed by atoms with Gasteiger partial charge < -0.3 is 4.42 Å². The van der Waals surface area contributed by atoms with Crippen LogP contribution in [0.4, 0.5) is 0 Å². The molecule has 0 aliphatic carbocycles. The average Bonchev–Trinajstić information content (AvgIpc) is 3.41. The van der Waals surface area contributed by atoms with Crippen LogP contribution in [0.1, 0.15) is 11.3 Å². The SMILES string of the molecule is N=C1C(=Cc2ccc(-c3cc(Cl)ccc3Cl)o2)C(=O)N=C2SC=C(c3ccccc3)N12. The van der Waals surface area contributed by atoms with Gasteiger partial charge in [-0.05, 0) is 42.0 Å². The van der Waals surface area contributed by atoms with Crippen molar-refractivity contribution in [2.75, 3.05) is 0 Å². The van der Waals surface area contributed by atoms with Gasteiger partial charge in [0.25, 0.3) is 5.91 Å². The molecule has 31 heavy (non-hydrogen) atoms. The summed E-state index contributed by atoms with van der Waals surface area (Å²) < 4.78 is 5.87. The molecule has 3 aromatic rings. The van der Waals surface area contributed by atoms with Crippen LogP contribution in [0, 0.1) is 5.41 Å². The van der Waals surface area contributed by atoms with Gasteiger partial charge in [-0.1, -0.05) is 65.3 Å². The molecule has 1 N–H and O–H groups in total. The van der Waals surface area contributed by atoms with Crippen LogP contribution < -0.4 is 0 Å². The van der Waals surface area contributed by atoms with Crippen LogP contribution in [0.2, 0.25) is 10.0 Å². The first-order chi connectivity index (χ1) is 15.0. The van der Waals surface area contributed by atoms with Crippen molar-refractivity contribution in [3.8, 4) is 11.3 Å². The molecule has 5 nitrogen and oxygen atoms in total. The lowest BCUT2D eigenvalue weighted by atomic mass is 10.1. The van der Waals surface area contributed by atoms with Crippen LogP contribution in [-0.2, 0) is 4.79 Å². The van der Waals surface area contributed by atoms with E-state index in [2.05, 4.69) is 4.99 Å². The first-order valence-electron chi connectivity index (χ1n) is 9.22. The van der Waals surface area contributed by atoms with E-state index in [1.54, 1.807) is 35.2 Å². The van der Waals surface area contributed by atoms with Crippen LogP contribution in [0.3, 0.4) is 0 Å². The number of carbonyl (C=O) groups is 1. The van der Waals surface area contributed by atoms with Crippen molar-refractivity contribution in [2.24, 2.45) is 4.99 Å². The van der Waals surface area contributed by atoms with Crippen molar-refractivity contribution in [3.05, 3.63) is 93.0 Å². The molecule has 0 fully saturated rings. The van der Waals surface area contributed by atoms with Crippen LogP contribution in [0.25, 0.3) is 23.1 Å². The first-order valence-corrected chi connectivity index (χ1v) is 10.9. The number of fused-ring (bicyclic) bond motifs is 1. The van der Waals surface area contributed by atoms with Crippen molar-refractivity contribution in [1.82, 2.24) is 4.90 Å². The molecule has 2 aliphatic heterocycles. The third-order valence-corrected chi connectivity index (χ3v) is 6.18. The van der Waals surface area contributed by atoms with E-state index in [1.807, 2.05) is 35.7 Å². The summed E-state index contributed by atoms with van der Waals surface area (Å²) in [4.78, 5) is 18.5. The Morgan fingerprint density at radius 2 is 1.87 bits per heavy atom. The third-order valence-electron chi connectivity index (χ3n) is 4.79. The fourth-order valence-electron chi connectivity index (χ4n) is 3.32. The highest BCUT2D eigenvalue weighted by atomic mass is 35.5. The lowest BCUT2D eigenvalue weighted by Gasteiger charge is -2.26. The van der Waals surface area contributed by atoms with E-state index in [0.29, 0.717) is 32.3 Å². The summed E-state index contributed by atoms with van der Waals surface area (Å²) in [5.74, 6) is 0.494. The molecule has 1 amide bonds. The molecule has 3 heterocycles. The molecule has 0 saturated heterocycles. The zero-order valence-electron chi connectivity index (χ0n) is 15.8. The summed E-state index contributed by atoms with van der Waals surface area (Å²) in [5.41, 5.74) is 2.54. The van der Waals surface area contributed by atoms with Gasteiger partial charge in [0.15, 0.2) is 5.17 Å². The van der Waals surface area contributed by atoms with E-state index >= 15 is 0 Å². The predicted octanol–water partition coefficient (Wildman–Crippen LogP) is 6.56. The molecule has 0 bridgehead atoms. The van der Waals surface area contributed by atoms with Crippen molar-refractivity contribution in [3.63, 3.8) is 0 Å². The fraction of sp³-hybridized carbons (Fsp3) is 0. The maximum atomic E-state index is 12.6. The smallest absolute Gasteiger partial charge is 0.283 e. The second-order valence-electron chi connectivity index (χ2n) is 6.75. The van der Waals surface area contributed by atoms with Crippen molar-refractivity contribution >= 4 is 63.6 Å². The van der Waals surface area contributed by atoms with Gasteiger partial charge in [0.05, 0.1) is 16.3 Å². The summed E-state index contributed by atoms with van der Waals surface area (Å²) in [6.07, 6.45) is 1.53. The van der Waals surface area contributed by atoms with Gasteiger partial charge in [0, 0.05) is 16.0 Å². The monoisotopic (exact) mass is 465 g/mol. The summed E-state index contributed by atoms with van der Waals surface area (Å²) in [7, 11) is 0. The Bertz CT molecular complexity index is 1330. The van der Waals surface area contributed by atoms with Crippen molar-refractivity contribution in [2.45, 2.75) is 0 Å². The van der Waals surface area contributed by atoms with Gasteiger partial charge in [0.1, 0.15) is 17.4 Å². The van der Waals surface area contributed by atoms with E-state index in [4.69, 9.17) is 33.0 Å². The molecule has 2 aliphatic rings. The number of hydrogen-bond donors (Lipinski definition) is 1. The number of amidine groups is 2. The molecule has 0 atom stereocenters. The molecular formula is C23H13Cl2N3O2S. The Hall–Kier alpha value is -3.06. The molecular weight excluding hydrogens is 453 g/mol. The molecule has 0 spiro atoms. The van der Waals surface area contributed by atoms with E-state index < -0.39 is 5.91 Å². The molecule has 0 saturated carbocycles. The number of halogens is 2. The zero-order chi connectivity index (χ0) is 21.5. The minimum atomic E-state index is -0.481. The van der Waals surface area contributed by atoms with Crippen molar-refractivity contribution in [1.29, 1.82) is 5.41 Å². The maximum absolute atomic E-state index is 12.6. The van der Waals surface area contributed by atoms with E-state index in [9.17, 15) is 4.79 Å².